The van der Waals surface area contributed by atoms with E-state index < -0.39 is 0 Å². The topological polar surface area (TPSA) is 38.3 Å². The molecule has 15 heavy (non-hydrogen) atoms. The first-order chi connectivity index (χ1) is 6.74. The highest BCUT2D eigenvalue weighted by Crippen LogP contribution is 2.34. The van der Waals surface area contributed by atoms with Crippen LogP contribution < -0.4 is 5.32 Å². The van der Waals surface area contributed by atoms with Gasteiger partial charge in [0.2, 0.25) is 0 Å². The summed E-state index contributed by atoms with van der Waals surface area (Å²) in [6.45, 7) is 8.77. The lowest BCUT2D eigenvalue weighted by Gasteiger charge is -2.46. The third-order valence-electron chi connectivity index (χ3n) is 2.96. The molecule has 3 nitrogen and oxygen atoms in total. The molecule has 1 N–H and O–H groups in total. The van der Waals surface area contributed by atoms with Crippen molar-refractivity contribution >= 4 is 5.97 Å². The molecule has 0 aliphatic carbocycles. The number of hydrogen-bond acceptors (Lipinski definition) is 3. The van der Waals surface area contributed by atoms with Crippen LogP contribution in [0.4, 0.5) is 0 Å². The maximum atomic E-state index is 11.3. The van der Waals surface area contributed by atoms with Gasteiger partial charge in [0.15, 0.2) is 0 Å². The van der Waals surface area contributed by atoms with Gasteiger partial charge in [-0.25, -0.2) is 0 Å². The van der Waals surface area contributed by atoms with Crippen molar-refractivity contribution in [3.63, 3.8) is 0 Å². The van der Waals surface area contributed by atoms with Crippen LogP contribution in [0.5, 0.6) is 0 Å². The molecule has 0 spiro atoms. The summed E-state index contributed by atoms with van der Waals surface area (Å²) in [6.07, 6.45) is 2.61. The van der Waals surface area contributed by atoms with E-state index in [1.807, 2.05) is 0 Å². The number of carbonyl (C=O) groups excluding carboxylic acids is 1. The van der Waals surface area contributed by atoms with Crippen molar-refractivity contribution in [2.45, 2.75) is 58.0 Å². The number of rotatable bonds is 2. The molecule has 0 bridgehead atoms. The van der Waals surface area contributed by atoms with Gasteiger partial charge < -0.3 is 10.1 Å². The molecule has 1 saturated heterocycles. The van der Waals surface area contributed by atoms with Crippen molar-refractivity contribution in [3.05, 3.63) is 0 Å². The molecular weight excluding hydrogens is 190 g/mol. The summed E-state index contributed by atoms with van der Waals surface area (Å²) in [5, 5.41) is 3.60. The Morgan fingerprint density at radius 1 is 1.27 bits per heavy atom. The van der Waals surface area contributed by atoms with Crippen LogP contribution in [0, 0.1) is 5.92 Å². The Morgan fingerprint density at radius 3 is 2.13 bits per heavy atom. The summed E-state index contributed by atoms with van der Waals surface area (Å²) in [6, 6.07) is 0. The molecule has 0 saturated carbocycles. The van der Waals surface area contributed by atoms with Crippen molar-refractivity contribution in [2.24, 2.45) is 5.92 Å². The van der Waals surface area contributed by atoms with Gasteiger partial charge >= 0.3 is 5.97 Å². The summed E-state index contributed by atoms with van der Waals surface area (Å²) in [5.74, 6) is 0.345. The van der Waals surface area contributed by atoms with Crippen LogP contribution in [-0.2, 0) is 9.53 Å². The first kappa shape index (κ1) is 12.5. The maximum absolute atomic E-state index is 11.3. The van der Waals surface area contributed by atoms with Gasteiger partial charge in [-0.2, -0.15) is 0 Å². The van der Waals surface area contributed by atoms with E-state index >= 15 is 0 Å². The average Bonchev–Trinajstić information content (AvgIpc) is 1.97. The maximum Gasteiger partial charge on any atom is 0.305 e. The molecule has 0 aromatic heterocycles. The van der Waals surface area contributed by atoms with E-state index in [1.54, 1.807) is 0 Å². The highest BCUT2D eigenvalue weighted by Gasteiger charge is 2.38. The van der Waals surface area contributed by atoms with Crippen molar-refractivity contribution in [1.82, 2.24) is 5.32 Å². The smallest absolute Gasteiger partial charge is 0.305 e. The van der Waals surface area contributed by atoms with Crippen molar-refractivity contribution < 1.29 is 9.53 Å². The summed E-state index contributed by atoms with van der Waals surface area (Å²) in [7, 11) is 1.46. The van der Waals surface area contributed by atoms with E-state index in [0.29, 0.717) is 12.3 Å². The molecule has 1 aliphatic rings. The molecule has 1 heterocycles. The molecule has 0 radical (unpaired) electrons. The number of methoxy groups -OCH3 is 1. The fraction of sp³-hybridized carbons (Fsp3) is 0.917. The normalized spacial score (nSPS) is 24.9. The first-order valence-electron chi connectivity index (χ1n) is 5.60. The zero-order valence-electron chi connectivity index (χ0n) is 10.5. The number of nitrogens with one attached hydrogen (secondary N) is 1. The molecular formula is C12H23NO2. The van der Waals surface area contributed by atoms with Crippen LogP contribution >= 0.6 is 0 Å². The van der Waals surface area contributed by atoms with Crippen LogP contribution in [0.25, 0.3) is 0 Å². The van der Waals surface area contributed by atoms with Gasteiger partial charge in [0.1, 0.15) is 0 Å². The van der Waals surface area contributed by atoms with E-state index in [1.165, 1.54) is 7.11 Å². The molecule has 0 atom stereocenters. The number of piperidine rings is 1. The largest absolute Gasteiger partial charge is 0.469 e. The SMILES string of the molecule is COC(=O)CC1CC(C)(C)NC(C)(C)C1. The lowest BCUT2D eigenvalue weighted by atomic mass is 9.75. The van der Waals surface area contributed by atoms with Gasteiger partial charge in [-0.05, 0) is 46.5 Å². The second-order valence-corrected chi connectivity index (χ2v) is 5.95. The van der Waals surface area contributed by atoms with Crippen molar-refractivity contribution in [2.75, 3.05) is 7.11 Å². The zero-order valence-corrected chi connectivity index (χ0v) is 10.5. The quantitative estimate of drug-likeness (QED) is 0.714. The highest BCUT2D eigenvalue weighted by atomic mass is 16.5. The van der Waals surface area contributed by atoms with Crippen molar-refractivity contribution in [3.8, 4) is 0 Å². The van der Waals surface area contributed by atoms with Crippen LogP contribution in [-0.4, -0.2) is 24.2 Å². The van der Waals surface area contributed by atoms with E-state index in [-0.39, 0.29) is 17.0 Å². The predicted octanol–water partition coefficient (Wildman–Crippen LogP) is 2.11. The van der Waals surface area contributed by atoms with E-state index in [2.05, 4.69) is 33.0 Å². The molecule has 0 amide bonds. The number of ether oxygens (including phenoxy) is 1. The molecule has 0 unspecified atom stereocenters. The Hall–Kier alpha value is -0.570. The second kappa shape index (κ2) is 4.12. The fourth-order valence-electron chi connectivity index (χ4n) is 3.00. The lowest BCUT2D eigenvalue weighted by molar-refractivity contribution is -0.142. The van der Waals surface area contributed by atoms with Gasteiger partial charge in [-0.15, -0.1) is 0 Å². The van der Waals surface area contributed by atoms with Crippen LogP contribution in [0.1, 0.15) is 47.0 Å². The van der Waals surface area contributed by atoms with E-state index in [4.69, 9.17) is 4.74 Å². The number of carbonyl (C=O) groups is 1. The Kier molecular flexibility index (Phi) is 3.44. The molecule has 1 aliphatic heterocycles. The highest BCUT2D eigenvalue weighted by molar-refractivity contribution is 5.69. The molecule has 1 fully saturated rings. The van der Waals surface area contributed by atoms with Gasteiger partial charge in [0.25, 0.3) is 0 Å². The minimum Gasteiger partial charge on any atom is -0.469 e. The van der Waals surface area contributed by atoms with Gasteiger partial charge in [0, 0.05) is 17.5 Å². The zero-order chi connectivity index (χ0) is 11.7. The molecule has 3 heteroatoms. The van der Waals surface area contributed by atoms with Crippen LogP contribution in [0.3, 0.4) is 0 Å². The summed E-state index contributed by atoms with van der Waals surface area (Å²) < 4.78 is 4.73. The Balaban J connectivity index is 2.63. The van der Waals surface area contributed by atoms with Gasteiger partial charge in [0.05, 0.1) is 7.11 Å². The average molecular weight is 213 g/mol. The molecule has 0 aromatic carbocycles. The summed E-state index contributed by atoms with van der Waals surface area (Å²) in [4.78, 5) is 11.3. The minimum absolute atomic E-state index is 0.0894. The van der Waals surface area contributed by atoms with Gasteiger partial charge in [-0.1, -0.05) is 0 Å². The van der Waals surface area contributed by atoms with Crippen LogP contribution in [0.15, 0.2) is 0 Å². The first-order valence-corrected chi connectivity index (χ1v) is 5.60. The number of esters is 1. The fourth-order valence-corrected chi connectivity index (χ4v) is 3.00. The molecule has 0 aromatic rings. The monoisotopic (exact) mass is 213 g/mol. The van der Waals surface area contributed by atoms with E-state index in [9.17, 15) is 4.79 Å². The van der Waals surface area contributed by atoms with Crippen molar-refractivity contribution in [1.29, 1.82) is 0 Å². The number of hydrogen-bond donors (Lipinski definition) is 1. The Bertz CT molecular complexity index is 230. The minimum atomic E-state index is -0.0894. The summed E-state index contributed by atoms with van der Waals surface area (Å²) >= 11 is 0. The standard InChI is InChI=1S/C12H23NO2/c1-11(2)7-9(6-10(14)15-5)8-12(3,4)13-11/h9,13H,6-8H2,1-5H3. The van der Waals surface area contributed by atoms with E-state index in [0.717, 1.165) is 12.8 Å². The Labute approximate surface area is 92.6 Å². The third kappa shape index (κ3) is 3.82. The summed E-state index contributed by atoms with van der Waals surface area (Å²) in [5.41, 5.74) is 0.223. The Morgan fingerprint density at radius 2 is 1.73 bits per heavy atom. The van der Waals surface area contributed by atoms with Gasteiger partial charge in [-0.3, -0.25) is 4.79 Å². The molecule has 88 valence electrons. The second-order valence-electron chi connectivity index (χ2n) is 5.95. The van der Waals surface area contributed by atoms with Crippen LogP contribution in [0.2, 0.25) is 0 Å². The predicted molar refractivity (Wildman–Crippen MR) is 60.7 cm³/mol. The third-order valence-corrected chi connectivity index (χ3v) is 2.96. The lowest BCUT2D eigenvalue weighted by Crippen LogP contribution is -2.57. The molecule has 1 rings (SSSR count).